The van der Waals surface area contributed by atoms with Gasteiger partial charge in [0.2, 0.25) is 0 Å². The lowest BCUT2D eigenvalue weighted by Gasteiger charge is -2.31. The largest absolute Gasteiger partial charge is 0.396 e. The Morgan fingerprint density at radius 1 is 1.06 bits per heavy atom. The first-order chi connectivity index (χ1) is 8.01. The summed E-state index contributed by atoms with van der Waals surface area (Å²) in [6.45, 7) is -0.240. The van der Waals surface area contributed by atoms with Crippen LogP contribution in [-0.2, 0) is 4.79 Å². The third-order valence-corrected chi connectivity index (χ3v) is 3.37. The van der Waals surface area contributed by atoms with Gasteiger partial charge in [-0.1, -0.05) is 29.6 Å². The van der Waals surface area contributed by atoms with Crippen LogP contribution in [0.5, 0.6) is 0 Å². The van der Waals surface area contributed by atoms with E-state index in [9.17, 15) is 9.90 Å². The Kier molecular flexibility index (Phi) is 9.18. The van der Waals surface area contributed by atoms with Crippen molar-refractivity contribution in [1.29, 1.82) is 0 Å². The predicted molar refractivity (Wildman–Crippen MR) is 67.3 cm³/mol. The summed E-state index contributed by atoms with van der Waals surface area (Å²) < 4.78 is 0. The van der Waals surface area contributed by atoms with Crippen LogP contribution < -0.4 is 0 Å². The van der Waals surface area contributed by atoms with Gasteiger partial charge in [-0.2, -0.15) is 0 Å². The van der Waals surface area contributed by atoms with Crippen molar-refractivity contribution in [3.8, 4) is 0 Å². The van der Waals surface area contributed by atoms with Crippen molar-refractivity contribution in [2.24, 2.45) is 5.41 Å². The maximum Gasteiger partial charge on any atom is 0.166 e. The van der Waals surface area contributed by atoms with Gasteiger partial charge in [-0.15, -0.1) is 0 Å². The van der Waals surface area contributed by atoms with Crippen molar-refractivity contribution in [1.82, 2.24) is 0 Å². The van der Waals surface area contributed by atoms with Gasteiger partial charge in [-0.25, -0.2) is 0 Å². The van der Waals surface area contributed by atoms with Crippen LogP contribution >= 0.6 is 23.2 Å². The van der Waals surface area contributed by atoms with E-state index in [1.54, 1.807) is 0 Å². The van der Waals surface area contributed by atoms with Gasteiger partial charge in [0.1, 0.15) is 0 Å². The van der Waals surface area contributed by atoms with Crippen molar-refractivity contribution in [3.05, 3.63) is 0 Å². The lowest BCUT2D eigenvalue weighted by Crippen LogP contribution is -2.31. The number of ketones is 1. The molecule has 0 aromatic rings. The molecule has 0 aliphatic heterocycles. The van der Waals surface area contributed by atoms with Crippen LogP contribution in [0.15, 0.2) is 0 Å². The summed E-state index contributed by atoms with van der Waals surface area (Å²) in [7, 11) is 0. The number of aliphatic hydroxyl groups is 3. The molecule has 0 amide bonds. The van der Waals surface area contributed by atoms with E-state index in [0.717, 1.165) is 0 Å². The molecule has 0 aromatic carbocycles. The molecule has 0 heterocycles. The van der Waals surface area contributed by atoms with E-state index in [4.69, 9.17) is 33.4 Å². The Hall–Kier alpha value is 0.130. The minimum Gasteiger partial charge on any atom is -0.396 e. The second-order valence-corrected chi connectivity index (χ2v) is 5.35. The van der Waals surface area contributed by atoms with Gasteiger partial charge in [0.15, 0.2) is 10.6 Å². The molecule has 1 unspecified atom stereocenters. The first-order valence-corrected chi connectivity index (χ1v) is 6.52. The smallest absolute Gasteiger partial charge is 0.166 e. The Morgan fingerprint density at radius 2 is 1.71 bits per heavy atom. The van der Waals surface area contributed by atoms with E-state index in [1.807, 2.05) is 0 Å². The van der Waals surface area contributed by atoms with Gasteiger partial charge < -0.3 is 15.3 Å². The maximum atomic E-state index is 11.5. The number of carbonyl (C=O) groups excluding carboxylic acids is 1. The molecule has 0 aromatic heterocycles. The molecule has 0 saturated carbocycles. The van der Waals surface area contributed by atoms with Gasteiger partial charge in [-0.05, 0) is 19.3 Å². The number of aliphatic hydroxyl groups excluding tert-OH is 3. The van der Waals surface area contributed by atoms with E-state index >= 15 is 0 Å². The van der Waals surface area contributed by atoms with Crippen molar-refractivity contribution in [2.45, 2.75) is 36.9 Å². The quantitative estimate of drug-likeness (QED) is 0.418. The van der Waals surface area contributed by atoms with E-state index < -0.39 is 10.3 Å². The third-order valence-electron chi connectivity index (χ3n) is 2.89. The van der Waals surface area contributed by atoms with E-state index in [0.29, 0.717) is 25.7 Å². The van der Waals surface area contributed by atoms with Crippen LogP contribution in [0.3, 0.4) is 0 Å². The third kappa shape index (κ3) is 6.58. The average molecular weight is 287 g/mol. The predicted octanol–water partition coefficient (Wildman–Crippen LogP) is 1.27. The van der Waals surface area contributed by atoms with Gasteiger partial charge in [0, 0.05) is 31.7 Å². The second kappa shape index (κ2) is 9.11. The normalized spacial score (nSPS) is 14.9. The van der Waals surface area contributed by atoms with Crippen molar-refractivity contribution < 1.29 is 20.1 Å². The molecule has 0 saturated heterocycles. The molecule has 17 heavy (non-hydrogen) atoms. The number of Topliss-reactive ketones (excluding diaryl/α,β-unsaturated/α-hetero) is 1. The topological polar surface area (TPSA) is 77.8 Å². The zero-order valence-electron chi connectivity index (χ0n) is 9.74. The Balaban J connectivity index is 4.51. The first kappa shape index (κ1) is 17.1. The summed E-state index contributed by atoms with van der Waals surface area (Å²) in [6.07, 6.45) is 2.21. The summed E-state index contributed by atoms with van der Waals surface area (Å²) in [5.41, 5.74) is -0.678. The standard InChI is InChI=1S/C11H20Cl2O4/c12-10(13)9(17)7-11(8-16,4-6-15)3-1-2-5-14/h10,14-16H,1-8H2. The molecule has 3 N–H and O–H groups in total. The minimum absolute atomic E-state index is 0.0488. The summed E-state index contributed by atoms with van der Waals surface area (Å²) in [6, 6.07) is 0. The van der Waals surface area contributed by atoms with Gasteiger partial charge in [0.25, 0.3) is 0 Å². The molecule has 4 nitrogen and oxygen atoms in total. The summed E-state index contributed by atoms with van der Waals surface area (Å²) in [4.78, 5) is 10.4. The number of hydrogen-bond donors (Lipinski definition) is 3. The summed E-state index contributed by atoms with van der Waals surface area (Å²) >= 11 is 11.0. The molecule has 0 spiro atoms. The molecule has 0 radical (unpaired) electrons. The van der Waals surface area contributed by atoms with Crippen LogP contribution in [0.1, 0.15) is 32.1 Å². The molecule has 102 valence electrons. The molecule has 0 aliphatic carbocycles. The highest BCUT2D eigenvalue weighted by molar-refractivity contribution is 6.53. The molecule has 0 bridgehead atoms. The van der Waals surface area contributed by atoms with Crippen LogP contribution in [-0.4, -0.2) is 45.8 Å². The van der Waals surface area contributed by atoms with Crippen LogP contribution in [0, 0.1) is 5.41 Å². The lowest BCUT2D eigenvalue weighted by molar-refractivity contribution is -0.121. The van der Waals surface area contributed by atoms with Crippen molar-refractivity contribution >= 4 is 29.0 Å². The number of rotatable bonds is 10. The minimum atomic E-state index is -1.10. The van der Waals surface area contributed by atoms with E-state index in [1.165, 1.54) is 0 Å². The highest BCUT2D eigenvalue weighted by Gasteiger charge is 2.32. The number of hydrogen-bond acceptors (Lipinski definition) is 4. The fourth-order valence-electron chi connectivity index (χ4n) is 1.81. The first-order valence-electron chi connectivity index (χ1n) is 5.65. The fraction of sp³-hybridized carbons (Fsp3) is 0.909. The Bertz CT molecular complexity index is 224. The van der Waals surface area contributed by atoms with Crippen molar-refractivity contribution in [2.75, 3.05) is 19.8 Å². The van der Waals surface area contributed by atoms with Crippen LogP contribution in [0.4, 0.5) is 0 Å². The zero-order chi connectivity index (χ0) is 13.3. The summed E-state index contributed by atoms with van der Waals surface area (Å²) in [5.74, 6) is -0.347. The van der Waals surface area contributed by atoms with Gasteiger partial charge in [0.05, 0.1) is 0 Å². The highest BCUT2D eigenvalue weighted by Crippen LogP contribution is 2.33. The van der Waals surface area contributed by atoms with E-state index in [-0.39, 0.29) is 32.0 Å². The average Bonchev–Trinajstić information content (AvgIpc) is 2.29. The zero-order valence-corrected chi connectivity index (χ0v) is 11.3. The van der Waals surface area contributed by atoms with E-state index in [2.05, 4.69) is 0 Å². The molecule has 1 atom stereocenters. The Morgan fingerprint density at radius 3 is 2.12 bits per heavy atom. The number of alkyl halides is 2. The number of unbranched alkanes of at least 4 members (excludes halogenated alkanes) is 1. The highest BCUT2D eigenvalue weighted by atomic mass is 35.5. The fourth-order valence-corrected chi connectivity index (χ4v) is 1.97. The monoisotopic (exact) mass is 286 g/mol. The molecular formula is C11H20Cl2O4. The van der Waals surface area contributed by atoms with Crippen LogP contribution in [0.25, 0.3) is 0 Å². The SMILES string of the molecule is O=C(CC(CO)(CCO)CCCCO)C(Cl)Cl. The van der Waals surface area contributed by atoms with Crippen LogP contribution in [0.2, 0.25) is 0 Å². The molecular weight excluding hydrogens is 267 g/mol. The lowest BCUT2D eigenvalue weighted by atomic mass is 9.76. The maximum absolute atomic E-state index is 11.5. The summed E-state index contributed by atoms with van der Waals surface area (Å²) in [5, 5.41) is 27.1. The molecule has 6 heteroatoms. The van der Waals surface area contributed by atoms with Gasteiger partial charge in [-0.3, -0.25) is 4.79 Å². The Labute approximate surface area is 112 Å². The number of carbonyl (C=O) groups is 1. The van der Waals surface area contributed by atoms with Gasteiger partial charge >= 0.3 is 0 Å². The molecule has 0 rings (SSSR count). The second-order valence-electron chi connectivity index (χ2n) is 4.26. The molecule has 0 fully saturated rings. The molecule has 0 aliphatic rings. The number of halogens is 2. The van der Waals surface area contributed by atoms with Crippen molar-refractivity contribution in [3.63, 3.8) is 0 Å².